The molecular formula is C16H20ClF3N2O. The number of rotatable bonds is 2. The summed E-state index contributed by atoms with van der Waals surface area (Å²) in [4.78, 5) is 14.0. The summed E-state index contributed by atoms with van der Waals surface area (Å²) in [5.41, 5.74) is 0.262. The van der Waals surface area contributed by atoms with Crippen LogP contribution >= 0.6 is 12.4 Å². The number of alkyl halides is 3. The molecule has 1 aromatic rings. The molecule has 1 fully saturated rings. The molecule has 1 aromatic carbocycles. The third kappa shape index (κ3) is 3.19. The fraction of sp³-hybridized carbons (Fsp3) is 0.562. The molecule has 3 nitrogen and oxygen atoms in total. The van der Waals surface area contributed by atoms with Gasteiger partial charge in [-0.3, -0.25) is 4.79 Å². The summed E-state index contributed by atoms with van der Waals surface area (Å²) < 4.78 is 40.3. The summed E-state index contributed by atoms with van der Waals surface area (Å²) >= 11 is 0. The number of hydrogen-bond acceptors (Lipinski definition) is 2. The summed E-state index contributed by atoms with van der Waals surface area (Å²) in [5, 5.41) is 3.16. The summed E-state index contributed by atoms with van der Waals surface area (Å²) in [6.07, 6.45) is -3.93. The van der Waals surface area contributed by atoms with Gasteiger partial charge in [-0.1, -0.05) is 19.9 Å². The van der Waals surface area contributed by atoms with Gasteiger partial charge < -0.3 is 10.2 Å². The largest absolute Gasteiger partial charge is 0.417 e. The summed E-state index contributed by atoms with van der Waals surface area (Å²) in [5.74, 6) is -0.221. The van der Waals surface area contributed by atoms with Crippen molar-refractivity contribution < 1.29 is 18.0 Å². The number of nitrogens with one attached hydrogen (secondary N) is 1. The second-order valence-corrected chi connectivity index (χ2v) is 6.42. The van der Waals surface area contributed by atoms with E-state index in [1.54, 1.807) is 11.0 Å². The molecule has 1 amide bonds. The van der Waals surface area contributed by atoms with Gasteiger partial charge in [0.1, 0.15) is 0 Å². The maximum Gasteiger partial charge on any atom is 0.417 e. The Labute approximate surface area is 139 Å². The molecule has 3 rings (SSSR count). The molecule has 0 aliphatic carbocycles. The summed E-state index contributed by atoms with van der Waals surface area (Å²) in [7, 11) is 0. The minimum atomic E-state index is -4.51. The van der Waals surface area contributed by atoms with Crippen molar-refractivity contribution in [3.63, 3.8) is 0 Å². The van der Waals surface area contributed by atoms with E-state index in [0.29, 0.717) is 37.2 Å². The topological polar surface area (TPSA) is 32.3 Å². The highest BCUT2D eigenvalue weighted by atomic mass is 35.5. The van der Waals surface area contributed by atoms with Crippen LogP contribution in [0.25, 0.3) is 0 Å². The molecule has 2 heterocycles. The van der Waals surface area contributed by atoms with Gasteiger partial charge in [0.05, 0.1) is 17.2 Å². The predicted molar refractivity (Wildman–Crippen MR) is 83.9 cm³/mol. The fourth-order valence-corrected chi connectivity index (χ4v) is 3.41. The third-order valence-corrected chi connectivity index (χ3v) is 4.26. The normalized spacial score (nSPS) is 20.3. The van der Waals surface area contributed by atoms with E-state index in [1.807, 2.05) is 13.8 Å². The first-order valence-electron chi connectivity index (χ1n) is 7.54. The van der Waals surface area contributed by atoms with E-state index >= 15 is 0 Å². The van der Waals surface area contributed by atoms with Crippen molar-refractivity contribution >= 4 is 18.3 Å². The van der Waals surface area contributed by atoms with Crippen molar-refractivity contribution in [1.29, 1.82) is 0 Å². The molecule has 0 saturated carbocycles. The number of amides is 1. The van der Waals surface area contributed by atoms with Crippen LogP contribution in [0.3, 0.4) is 0 Å². The molecule has 128 valence electrons. The quantitative estimate of drug-likeness (QED) is 0.888. The molecule has 0 spiro atoms. The van der Waals surface area contributed by atoms with Crippen LogP contribution < -0.4 is 5.32 Å². The van der Waals surface area contributed by atoms with Gasteiger partial charge >= 0.3 is 6.18 Å². The molecule has 1 N–H and O–H groups in total. The van der Waals surface area contributed by atoms with E-state index in [0.717, 1.165) is 6.07 Å². The van der Waals surface area contributed by atoms with Gasteiger partial charge in [-0.15, -0.1) is 12.4 Å². The number of benzene rings is 1. The zero-order valence-electron chi connectivity index (χ0n) is 13.0. The number of halogens is 4. The van der Waals surface area contributed by atoms with Crippen LogP contribution in [-0.2, 0) is 12.6 Å². The van der Waals surface area contributed by atoms with Crippen LogP contribution in [0.1, 0.15) is 46.9 Å². The van der Waals surface area contributed by atoms with Crippen molar-refractivity contribution in [3.8, 4) is 0 Å². The second-order valence-electron chi connectivity index (χ2n) is 6.42. The third-order valence-electron chi connectivity index (χ3n) is 4.26. The monoisotopic (exact) mass is 348 g/mol. The fourth-order valence-electron chi connectivity index (χ4n) is 3.41. The number of carbonyl (C=O) groups excluding carboxylic acids is 1. The Hall–Kier alpha value is -1.27. The van der Waals surface area contributed by atoms with Crippen LogP contribution in [0, 0.1) is 5.92 Å². The highest BCUT2D eigenvalue weighted by molar-refractivity contribution is 6.01. The molecule has 0 bridgehead atoms. The van der Waals surface area contributed by atoms with E-state index in [9.17, 15) is 18.0 Å². The molecular weight excluding hydrogens is 329 g/mol. The van der Waals surface area contributed by atoms with Crippen molar-refractivity contribution in [2.45, 2.75) is 32.5 Å². The summed E-state index contributed by atoms with van der Waals surface area (Å²) in [6, 6.07) is 2.67. The zero-order chi connectivity index (χ0) is 16.1. The van der Waals surface area contributed by atoms with Crippen LogP contribution in [0.5, 0.6) is 0 Å². The Bertz CT molecular complexity index is 616. The second kappa shape index (κ2) is 6.32. The molecule has 23 heavy (non-hydrogen) atoms. The van der Waals surface area contributed by atoms with E-state index in [-0.39, 0.29) is 29.9 Å². The number of piperazine rings is 1. The van der Waals surface area contributed by atoms with E-state index in [2.05, 4.69) is 5.32 Å². The van der Waals surface area contributed by atoms with Gasteiger partial charge in [0.2, 0.25) is 0 Å². The lowest BCUT2D eigenvalue weighted by Gasteiger charge is -2.30. The first-order valence-corrected chi connectivity index (χ1v) is 7.54. The molecule has 0 unspecified atom stereocenters. The van der Waals surface area contributed by atoms with Gasteiger partial charge in [0.25, 0.3) is 5.91 Å². The number of hydrogen-bond donors (Lipinski definition) is 1. The van der Waals surface area contributed by atoms with E-state index < -0.39 is 17.6 Å². The lowest BCUT2D eigenvalue weighted by Crippen LogP contribution is -2.44. The molecule has 0 radical (unpaired) electrons. The Balaban J connectivity index is 0.00000192. The maximum absolute atomic E-state index is 13.4. The van der Waals surface area contributed by atoms with E-state index in [4.69, 9.17) is 0 Å². The minimum Gasteiger partial charge on any atom is -0.329 e. The molecule has 7 heteroatoms. The smallest absolute Gasteiger partial charge is 0.329 e. The lowest BCUT2D eigenvalue weighted by molar-refractivity contribution is -0.138. The molecule has 0 aromatic heterocycles. The maximum atomic E-state index is 13.4. The van der Waals surface area contributed by atoms with Gasteiger partial charge in [-0.25, -0.2) is 0 Å². The Morgan fingerprint density at radius 1 is 1.35 bits per heavy atom. The van der Waals surface area contributed by atoms with E-state index in [1.165, 1.54) is 0 Å². The lowest BCUT2D eigenvalue weighted by atomic mass is 9.92. The van der Waals surface area contributed by atoms with Gasteiger partial charge in [-0.2, -0.15) is 13.2 Å². The highest BCUT2D eigenvalue weighted by Gasteiger charge is 2.45. The van der Waals surface area contributed by atoms with Gasteiger partial charge in [0, 0.05) is 19.6 Å². The number of fused-ring (bicyclic) bond motifs is 3. The van der Waals surface area contributed by atoms with Crippen molar-refractivity contribution in [3.05, 3.63) is 34.4 Å². The Morgan fingerprint density at radius 2 is 2.04 bits per heavy atom. The van der Waals surface area contributed by atoms with Crippen molar-refractivity contribution in [2.75, 3.05) is 19.6 Å². The van der Waals surface area contributed by atoms with Gasteiger partial charge in [-0.05, 0) is 29.5 Å². The van der Waals surface area contributed by atoms with Crippen LogP contribution in [0.2, 0.25) is 0 Å². The first-order chi connectivity index (χ1) is 10.3. The molecule has 1 saturated heterocycles. The average Bonchev–Trinajstić information content (AvgIpc) is 2.71. The SMILES string of the molecule is CC(C)Cc1cc2c(c(C(F)(F)F)c1)C(=O)N1CCNC[C@@H]21.Cl. The van der Waals surface area contributed by atoms with Crippen molar-refractivity contribution in [1.82, 2.24) is 10.2 Å². The number of carbonyl (C=O) groups is 1. The van der Waals surface area contributed by atoms with Crippen LogP contribution in [-0.4, -0.2) is 30.4 Å². The standard InChI is InChI=1S/C16H19F3N2O.ClH/c1-9(2)5-10-6-11-13-8-20-3-4-21(13)15(22)14(11)12(7-10)16(17,18)19;/h6-7,9,13,20H,3-5,8H2,1-2H3;1H/t13-;/m0./s1. The summed E-state index contributed by atoms with van der Waals surface area (Å²) in [6.45, 7) is 5.53. The number of nitrogens with zero attached hydrogens (tertiary/aromatic N) is 1. The zero-order valence-corrected chi connectivity index (χ0v) is 13.9. The predicted octanol–water partition coefficient (Wildman–Crippen LogP) is 3.43. The molecule has 2 aliphatic rings. The first kappa shape index (κ1) is 18.1. The van der Waals surface area contributed by atoms with Crippen LogP contribution in [0.4, 0.5) is 13.2 Å². The van der Waals surface area contributed by atoms with Crippen molar-refractivity contribution in [2.24, 2.45) is 5.92 Å². The molecule has 2 aliphatic heterocycles. The highest BCUT2D eigenvalue weighted by Crippen LogP contribution is 2.43. The molecule has 1 atom stereocenters. The van der Waals surface area contributed by atoms with Gasteiger partial charge in [0.15, 0.2) is 0 Å². The Morgan fingerprint density at radius 3 is 2.65 bits per heavy atom. The van der Waals surface area contributed by atoms with Crippen LogP contribution in [0.15, 0.2) is 12.1 Å². The average molecular weight is 349 g/mol. The minimum absolute atomic E-state index is 0. The Kier molecular flexibility index (Phi) is 4.97.